The lowest BCUT2D eigenvalue weighted by Crippen LogP contribution is -2.15. The molecule has 1 heterocycles. The Morgan fingerprint density at radius 1 is 1.32 bits per heavy atom. The topological polar surface area (TPSA) is 22.0 Å². The van der Waals surface area contributed by atoms with Crippen LogP contribution in [0, 0.1) is 18.6 Å². The lowest BCUT2D eigenvalue weighted by molar-refractivity contribution is 0.548. The number of fused-ring (bicyclic) bond motifs is 1. The molecule has 4 heteroatoms. The van der Waals surface area contributed by atoms with E-state index in [1.807, 2.05) is 6.92 Å². The van der Waals surface area contributed by atoms with Gasteiger partial charge in [-0.2, -0.15) is 0 Å². The van der Waals surface area contributed by atoms with Gasteiger partial charge in [-0.3, -0.25) is 4.79 Å². The van der Waals surface area contributed by atoms with Gasteiger partial charge in [0.15, 0.2) is 11.2 Å². The molecule has 0 saturated carbocycles. The molecule has 0 saturated heterocycles. The van der Waals surface area contributed by atoms with E-state index in [1.54, 1.807) is 23.8 Å². The molecule has 22 heavy (non-hydrogen) atoms. The molecule has 0 atom stereocenters. The summed E-state index contributed by atoms with van der Waals surface area (Å²) in [6.07, 6.45) is 6.21. The van der Waals surface area contributed by atoms with Gasteiger partial charge in [-0.1, -0.05) is 25.8 Å². The molecule has 0 N–H and O–H groups in total. The number of aryl methyl sites for hydroxylation is 1. The van der Waals surface area contributed by atoms with Crippen LogP contribution in [0.15, 0.2) is 29.7 Å². The van der Waals surface area contributed by atoms with Gasteiger partial charge in [-0.25, -0.2) is 8.78 Å². The van der Waals surface area contributed by atoms with E-state index in [2.05, 4.69) is 6.58 Å². The molecule has 2 aromatic rings. The highest BCUT2D eigenvalue weighted by atomic mass is 19.1. The first-order chi connectivity index (χ1) is 10.5. The van der Waals surface area contributed by atoms with Crippen LogP contribution in [0.5, 0.6) is 0 Å². The minimum Gasteiger partial charge on any atom is -0.341 e. The standard InChI is InChI=1S/C18H21F2NO/c1-4-6-7-8-13-15(19)10-14-17(16(13)20)21(9-5-2)11-12(3)18(14)22/h5,10-11H,2,4,6-9H2,1,3H3. The van der Waals surface area contributed by atoms with Crippen LogP contribution in [0.25, 0.3) is 10.9 Å². The Morgan fingerprint density at radius 3 is 2.68 bits per heavy atom. The Balaban J connectivity index is 2.71. The molecule has 0 bridgehead atoms. The number of nitrogens with zero attached hydrogens (tertiary/aromatic N) is 1. The van der Waals surface area contributed by atoms with Gasteiger partial charge < -0.3 is 4.57 Å². The van der Waals surface area contributed by atoms with E-state index in [1.165, 1.54) is 6.07 Å². The van der Waals surface area contributed by atoms with Crippen LogP contribution in [0.4, 0.5) is 8.78 Å². The number of hydrogen-bond donors (Lipinski definition) is 0. The Kier molecular flexibility index (Phi) is 5.11. The van der Waals surface area contributed by atoms with E-state index >= 15 is 0 Å². The van der Waals surface area contributed by atoms with Crippen molar-refractivity contribution in [2.24, 2.45) is 0 Å². The second kappa shape index (κ2) is 6.86. The van der Waals surface area contributed by atoms with Crippen molar-refractivity contribution < 1.29 is 8.78 Å². The number of pyridine rings is 1. The third-order valence-corrected chi connectivity index (χ3v) is 3.88. The summed E-state index contributed by atoms with van der Waals surface area (Å²) in [7, 11) is 0. The molecule has 118 valence electrons. The molecule has 0 spiro atoms. The number of aromatic nitrogens is 1. The van der Waals surface area contributed by atoms with Crippen molar-refractivity contribution in [3.05, 3.63) is 57.9 Å². The molecule has 1 aromatic carbocycles. The van der Waals surface area contributed by atoms with Crippen LogP contribution in [-0.4, -0.2) is 4.57 Å². The Labute approximate surface area is 129 Å². The van der Waals surface area contributed by atoms with Gasteiger partial charge in [-0.15, -0.1) is 6.58 Å². The Bertz CT molecular complexity index is 762. The van der Waals surface area contributed by atoms with E-state index in [0.717, 1.165) is 19.3 Å². The zero-order chi connectivity index (χ0) is 16.3. The molecule has 0 fully saturated rings. The Hall–Kier alpha value is -1.97. The lowest BCUT2D eigenvalue weighted by atomic mass is 10.0. The second-order valence-electron chi connectivity index (χ2n) is 5.59. The molecule has 0 aliphatic heterocycles. The van der Waals surface area contributed by atoms with Crippen molar-refractivity contribution in [2.45, 2.75) is 46.1 Å². The number of benzene rings is 1. The maximum atomic E-state index is 14.8. The van der Waals surface area contributed by atoms with E-state index in [4.69, 9.17) is 0 Å². The zero-order valence-electron chi connectivity index (χ0n) is 13.1. The smallest absolute Gasteiger partial charge is 0.192 e. The summed E-state index contributed by atoms with van der Waals surface area (Å²) in [4.78, 5) is 12.2. The monoisotopic (exact) mass is 305 g/mol. The van der Waals surface area contributed by atoms with Crippen molar-refractivity contribution in [3.63, 3.8) is 0 Å². The van der Waals surface area contributed by atoms with Gasteiger partial charge in [0.1, 0.15) is 5.82 Å². The fraction of sp³-hybridized carbons (Fsp3) is 0.389. The minimum atomic E-state index is -0.631. The Morgan fingerprint density at radius 2 is 2.05 bits per heavy atom. The van der Waals surface area contributed by atoms with Crippen LogP contribution in [0.2, 0.25) is 0 Å². The molecule has 2 rings (SSSR count). The zero-order valence-corrected chi connectivity index (χ0v) is 13.1. The normalized spacial score (nSPS) is 11.1. The summed E-state index contributed by atoms with van der Waals surface area (Å²) in [5, 5.41) is 0.0936. The van der Waals surface area contributed by atoms with Gasteiger partial charge in [0.05, 0.1) is 10.9 Å². The lowest BCUT2D eigenvalue weighted by Gasteiger charge is -2.14. The molecule has 0 aliphatic carbocycles. The highest BCUT2D eigenvalue weighted by Gasteiger charge is 2.18. The van der Waals surface area contributed by atoms with Crippen LogP contribution < -0.4 is 5.43 Å². The average Bonchev–Trinajstić information content (AvgIpc) is 2.48. The molecule has 1 aromatic heterocycles. The average molecular weight is 305 g/mol. The summed E-state index contributed by atoms with van der Waals surface area (Å²) in [5.74, 6) is -1.25. The molecular weight excluding hydrogens is 284 g/mol. The predicted octanol–water partition coefficient (Wildman–Crippen LogP) is 4.51. The molecule has 0 amide bonds. The first-order valence-electron chi connectivity index (χ1n) is 7.62. The van der Waals surface area contributed by atoms with Crippen molar-refractivity contribution in [1.29, 1.82) is 0 Å². The number of hydrogen-bond acceptors (Lipinski definition) is 1. The minimum absolute atomic E-state index is 0.0713. The maximum Gasteiger partial charge on any atom is 0.192 e. The predicted molar refractivity (Wildman–Crippen MR) is 86.3 cm³/mol. The fourth-order valence-corrected chi connectivity index (χ4v) is 2.74. The van der Waals surface area contributed by atoms with Crippen LogP contribution >= 0.6 is 0 Å². The highest BCUT2D eigenvalue weighted by Crippen LogP contribution is 2.24. The third-order valence-electron chi connectivity index (χ3n) is 3.88. The molecule has 0 aliphatic rings. The highest BCUT2D eigenvalue weighted by molar-refractivity contribution is 5.81. The van der Waals surface area contributed by atoms with E-state index < -0.39 is 11.6 Å². The summed E-state index contributed by atoms with van der Waals surface area (Å²) in [5.41, 5.74) is 0.380. The van der Waals surface area contributed by atoms with Gasteiger partial charge in [0.2, 0.25) is 0 Å². The van der Waals surface area contributed by atoms with Crippen molar-refractivity contribution >= 4 is 10.9 Å². The summed E-state index contributed by atoms with van der Waals surface area (Å²) >= 11 is 0. The second-order valence-corrected chi connectivity index (χ2v) is 5.59. The van der Waals surface area contributed by atoms with E-state index in [-0.39, 0.29) is 21.9 Å². The first kappa shape index (κ1) is 16.4. The number of unbranched alkanes of at least 4 members (excludes halogenated alkanes) is 2. The van der Waals surface area contributed by atoms with Gasteiger partial charge >= 0.3 is 0 Å². The molecule has 0 unspecified atom stereocenters. The molecule has 0 radical (unpaired) electrons. The van der Waals surface area contributed by atoms with Crippen molar-refractivity contribution in [3.8, 4) is 0 Å². The summed E-state index contributed by atoms with van der Waals surface area (Å²) < 4.78 is 30.7. The van der Waals surface area contributed by atoms with Crippen LogP contribution in [-0.2, 0) is 13.0 Å². The van der Waals surface area contributed by atoms with E-state index in [9.17, 15) is 13.6 Å². The van der Waals surface area contributed by atoms with Gasteiger partial charge in [0, 0.05) is 23.9 Å². The maximum absolute atomic E-state index is 14.8. The summed E-state index contributed by atoms with van der Waals surface area (Å²) in [6, 6.07) is 1.18. The third kappa shape index (κ3) is 2.96. The summed E-state index contributed by atoms with van der Waals surface area (Å²) in [6.45, 7) is 7.70. The van der Waals surface area contributed by atoms with Crippen molar-refractivity contribution in [1.82, 2.24) is 4.57 Å². The van der Waals surface area contributed by atoms with Gasteiger partial charge in [0.25, 0.3) is 0 Å². The SMILES string of the molecule is C=CCn1cc(C)c(=O)c2cc(F)c(CCCCC)c(F)c21. The van der Waals surface area contributed by atoms with Gasteiger partial charge in [-0.05, 0) is 25.8 Å². The quantitative estimate of drug-likeness (QED) is 0.568. The number of rotatable bonds is 6. The fourth-order valence-electron chi connectivity index (χ4n) is 2.74. The largest absolute Gasteiger partial charge is 0.341 e. The first-order valence-corrected chi connectivity index (χ1v) is 7.62. The van der Waals surface area contributed by atoms with Crippen molar-refractivity contribution in [2.75, 3.05) is 0 Å². The van der Waals surface area contributed by atoms with Crippen LogP contribution in [0.1, 0.15) is 37.3 Å². The number of allylic oxidation sites excluding steroid dienone is 1. The van der Waals surface area contributed by atoms with E-state index in [0.29, 0.717) is 18.5 Å². The molecular formula is C18H21F2NO. The molecule has 2 nitrogen and oxygen atoms in total. The van der Waals surface area contributed by atoms with Crippen LogP contribution in [0.3, 0.4) is 0 Å². The number of halogens is 2.